The van der Waals surface area contributed by atoms with Gasteiger partial charge < -0.3 is 14.6 Å². The molecule has 0 aliphatic carbocycles. The molecule has 0 spiro atoms. The molecule has 0 bridgehead atoms. The minimum atomic E-state index is -0.865. The highest BCUT2D eigenvalue weighted by atomic mass is 16.5. The van der Waals surface area contributed by atoms with Crippen LogP contribution in [0.15, 0.2) is 0 Å². The summed E-state index contributed by atoms with van der Waals surface area (Å²) in [6, 6.07) is 0.152. The highest BCUT2D eigenvalue weighted by Crippen LogP contribution is 2.17. The highest BCUT2D eigenvalue weighted by Gasteiger charge is 2.32. The van der Waals surface area contributed by atoms with E-state index in [-0.39, 0.29) is 6.04 Å². The van der Waals surface area contributed by atoms with Gasteiger partial charge in [0.25, 0.3) is 0 Å². The van der Waals surface area contributed by atoms with Crippen LogP contribution in [0.5, 0.6) is 0 Å². The van der Waals surface area contributed by atoms with E-state index in [0.717, 1.165) is 39.1 Å². The molecule has 0 saturated carbocycles. The second-order valence-corrected chi connectivity index (χ2v) is 6.17. The van der Waals surface area contributed by atoms with E-state index in [1.807, 2.05) is 13.8 Å². The van der Waals surface area contributed by atoms with Crippen molar-refractivity contribution in [2.45, 2.75) is 58.0 Å². The summed E-state index contributed by atoms with van der Waals surface area (Å²) in [5, 5.41) is 12.4. The summed E-state index contributed by atoms with van der Waals surface area (Å²) in [6.07, 6.45) is 3.48. The Balaban J connectivity index is 2.18. The molecule has 1 rings (SSSR count). The lowest BCUT2D eigenvalue weighted by Crippen LogP contribution is -2.52. The van der Waals surface area contributed by atoms with Gasteiger partial charge >= 0.3 is 5.97 Å². The van der Waals surface area contributed by atoms with Crippen molar-refractivity contribution >= 4 is 5.97 Å². The summed E-state index contributed by atoms with van der Waals surface area (Å²) < 4.78 is 11.0. The van der Waals surface area contributed by atoms with Crippen LogP contribution in [0, 0.1) is 5.92 Å². The SMILES string of the molecule is CC(C)NC(C)(CCCOCC1CCOCC1)C(=O)O. The van der Waals surface area contributed by atoms with Gasteiger partial charge in [-0.15, -0.1) is 0 Å². The van der Waals surface area contributed by atoms with Crippen LogP contribution in [-0.2, 0) is 14.3 Å². The zero-order valence-electron chi connectivity index (χ0n) is 13.0. The quantitative estimate of drug-likeness (QED) is 0.635. The number of nitrogens with one attached hydrogen (secondary N) is 1. The van der Waals surface area contributed by atoms with Gasteiger partial charge in [-0.05, 0) is 52.4 Å². The fourth-order valence-corrected chi connectivity index (χ4v) is 2.57. The Morgan fingerprint density at radius 3 is 2.65 bits per heavy atom. The molecule has 5 nitrogen and oxygen atoms in total. The van der Waals surface area contributed by atoms with Crippen LogP contribution in [0.1, 0.15) is 46.5 Å². The van der Waals surface area contributed by atoms with Gasteiger partial charge in [-0.3, -0.25) is 10.1 Å². The van der Waals surface area contributed by atoms with Crippen molar-refractivity contribution in [3.05, 3.63) is 0 Å². The van der Waals surface area contributed by atoms with Crippen LogP contribution < -0.4 is 5.32 Å². The van der Waals surface area contributed by atoms with E-state index in [1.54, 1.807) is 6.92 Å². The topological polar surface area (TPSA) is 67.8 Å². The van der Waals surface area contributed by atoms with E-state index >= 15 is 0 Å². The molecule has 2 N–H and O–H groups in total. The molecule has 0 radical (unpaired) electrons. The van der Waals surface area contributed by atoms with Gasteiger partial charge in [-0.1, -0.05) is 0 Å². The molecule has 0 aromatic carbocycles. The lowest BCUT2D eigenvalue weighted by atomic mass is 9.95. The van der Waals surface area contributed by atoms with E-state index in [1.165, 1.54) is 0 Å². The number of hydrogen-bond acceptors (Lipinski definition) is 4. The predicted octanol–water partition coefficient (Wildman–Crippen LogP) is 2.05. The van der Waals surface area contributed by atoms with Crippen LogP contribution >= 0.6 is 0 Å². The smallest absolute Gasteiger partial charge is 0.323 e. The predicted molar refractivity (Wildman–Crippen MR) is 77.9 cm³/mol. The molecule has 1 aliphatic rings. The van der Waals surface area contributed by atoms with E-state index in [0.29, 0.717) is 18.9 Å². The summed E-state index contributed by atoms with van der Waals surface area (Å²) >= 11 is 0. The van der Waals surface area contributed by atoms with Crippen LogP contribution in [0.4, 0.5) is 0 Å². The standard InChI is InChI=1S/C15H29NO4/c1-12(2)16-15(3,14(17)18)7-4-8-20-11-13-5-9-19-10-6-13/h12-13,16H,4-11H2,1-3H3,(H,17,18). The highest BCUT2D eigenvalue weighted by molar-refractivity contribution is 5.78. The minimum absolute atomic E-state index is 0.152. The first-order valence-corrected chi connectivity index (χ1v) is 7.60. The molecule has 1 fully saturated rings. The first-order chi connectivity index (χ1) is 9.44. The zero-order valence-corrected chi connectivity index (χ0v) is 13.0. The van der Waals surface area contributed by atoms with Crippen LogP contribution in [-0.4, -0.2) is 49.1 Å². The van der Waals surface area contributed by atoms with Crippen molar-refractivity contribution in [1.29, 1.82) is 0 Å². The average Bonchev–Trinajstić information content (AvgIpc) is 2.38. The summed E-state index contributed by atoms with van der Waals surface area (Å²) in [6.45, 7) is 8.73. The normalized spacial score (nSPS) is 20.0. The molecular weight excluding hydrogens is 258 g/mol. The van der Waals surface area contributed by atoms with Gasteiger partial charge in [0.2, 0.25) is 0 Å². The number of carboxylic acid groups (broad SMARTS) is 1. The lowest BCUT2D eigenvalue weighted by molar-refractivity contribution is -0.145. The van der Waals surface area contributed by atoms with Crippen molar-refractivity contribution in [2.24, 2.45) is 5.92 Å². The molecule has 118 valence electrons. The Kier molecular flexibility index (Phi) is 7.48. The molecule has 20 heavy (non-hydrogen) atoms. The molecule has 1 heterocycles. The molecular formula is C15H29NO4. The Hall–Kier alpha value is -0.650. The van der Waals surface area contributed by atoms with Crippen molar-refractivity contribution in [3.8, 4) is 0 Å². The monoisotopic (exact) mass is 287 g/mol. The number of ether oxygens (including phenoxy) is 2. The third kappa shape index (κ3) is 6.20. The van der Waals surface area contributed by atoms with E-state index in [2.05, 4.69) is 5.32 Å². The van der Waals surface area contributed by atoms with Crippen molar-refractivity contribution in [1.82, 2.24) is 5.32 Å². The Morgan fingerprint density at radius 1 is 1.45 bits per heavy atom. The Bertz CT molecular complexity index is 290. The fraction of sp³-hybridized carbons (Fsp3) is 0.933. The molecule has 1 atom stereocenters. The maximum Gasteiger partial charge on any atom is 0.323 e. The zero-order chi connectivity index (χ0) is 15.0. The van der Waals surface area contributed by atoms with Gasteiger partial charge in [-0.2, -0.15) is 0 Å². The largest absolute Gasteiger partial charge is 0.480 e. The maximum atomic E-state index is 11.4. The Labute approximate surface area is 122 Å². The van der Waals surface area contributed by atoms with Gasteiger partial charge in [0, 0.05) is 32.5 Å². The van der Waals surface area contributed by atoms with E-state index in [4.69, 9.17) is 9.47 Å². The fourth-order valence-electron chi connectivity index (χ4n) is 2.57. The molecule has 5 heteroatoms. The van der Waals surface area contributed by atoms with Gasteiger partial charge in [0.05, 0.1) is 0 Å². The Morgan fingerprint density at radius 2 is 2.10 bits per heavy atom. The van der Waals surface area contributed by atoms with Crippen molar-refractivity contribution < 1.29 is 19.4 Å². The second kappa shape index (κ2) is 8.60. The summed E-state index contributed by atoms with van der Waals surface area (Å²) in [7, 11) is 0. The molecule has 0 aromatic rings. The molecule has 0 aromatic heterocycles. The second-order valence-electron chi connectivity index (χ2n) is 6.17. The third-order valence-corrected chi connectivity index (χ3v) is 3.74. The van der Waals surface area contributed by atoms with Gasteiger partial charge in [-0.25, -0.2) is 0 Å². The third-order valence-electron chi connectivity index (χ3n) is 3.74. The number of hydrogen-bond donors (Lipinski definition) is 2. The molecule has 1 saturated heterocycles. The van der Waals surface area contributed by atoms with Crippen LogP contribution in [0.25, 0.3) is 0 Å². The number of aliphatic carboxylic acids is 1. The number of carboxylic acids is 1. The molecule has 0 amide bonds. The van der Waals surface area contributed by atoms with Gasteiger partial charge in [0.1, 0.15) is 5.54 Å². The average molecular weight is 287 g/mol. The lowest BCUT2D eigenvalue weighted by Gasteiger charge is -2.29. The molecule has 1 aliphatic heterocycles. The summed E-state index contributed by atoms with van der Waals surface area (Å²) in [5.74, 6) is -0.195. The van der Waals surface area contributed by atoms with Crippen molar-refractivity contribution in [2.75, 3.05) is 26.4 Å². The molecule has 1 unspecified atom stereocenters. The number of carbonyl (C=O) groups is 1. The van der Waals surface area contributed by atoms with Crippen LogP contribution in [0.3, 0.4) is 0 Å². The minimum Gasteiger partial charge on any atom is -0.480 e. The number of rotatable bonds is 9. The van der Waals surface area contributed by atoms with Crippen molar-refractivity contribution in [3.63, 3.8) is 0 Å². The van der Waals surface area contributed by atoms with Gasteiger partial charge in [0.15, 0.2) is 0 Å². The maximum absolute atomic E-state index is 11.4. The summed E-state index contributed by atoms with van der Waals surface area (Å²) in [4.78, 5) is 11.4. The van der Waals surface area contributed by atoms with Crippen LogP contribution in [0.2, 0.25) is 0 Å². The first-order valence-electron chi connectivity index (χ1n) is 7.60. The van der Waals surface area contributed by atoms with E-state index in [9.17, 15) is 9.90 Å². The first kappa shape index (κ1) is 17.4. The van der Waals surface area contributed by atoms with E-state index < -0.39 is 11.5 Å². The summed E-state index contributed by atoms with van der Waals surface area (Å²) in [5.41, 5.74) is -0.865.